The number of nitrogens with two attached hydrogens (primary N) is 1. The molecule has 0 radical (unpaired) electrons. The van der Waals surface area contributed by atoms with E-state index in [2.05, 4.69) is 41.4 Å². The molecule has 1 heterocycles. The Labute approximate surface area is 150 Å². The molecule has 1 amide bonds. The lowest BCUT2D eigenvalue weighted by atomic mass is 9.98. The summed E-state index contributed by atoms with van der Waals surface area (Å²) in [6, 6.07) is 8.68. The minimum Gasteiger partial charge on any atom is -0.379 e. The summed E-state index contributed by atoms with van der Waals surface area (Å²) in [5, 5.41) is 3.27. The lowest BCUT2D eigenvalue weighted by molar-refractivity contribution is -0.123. The molecule has 25 heavy (non-hydrogen) atoms. The Hall–Kier alpha value is -1.43. The van der Waals surface area contributed by atoms with Crippen LogP contribution in [0.4, 0.5) is 0 Å². The van der Waals surface area contributed by atoms with Crippen molar-refractivity contribution >= 4 is 5.91 Å². The highest BCUT2D eigenvalue weighted by molar-refractivity contribution is 5.76. The SMILES string of the molecule is Cc1ccc(C(CN2CCOCC2)NC(=O)C[C@@H]2CCC[C@H]2N)cc1. The maximum Gasteiger partial charge on any atom is 0.220 e. The molecule has 1 aliphatic carbocycles. The molecule has 1 aromatic rings. The molecule has 3 N–H and O–H groups in total. The predicted octanol–water partition coefficient (Wildman–Crippen LogP) is 2.00. The van der Waals surface area contributed by atoms with Gasteiger partial charge in [-0.25, -0.2) is 0 Å². The molecule has 1 unspecified atom stereocenters. The largest absolute Gasteiger partial charge is 0.379 e. The highest BCUT2D eigenvalue weighted by Crippen LogP contribution is 2.27. The number of carbonyl (C=O) groups is 1. The van der Waals surface area contributed by atoms with Crippen LogP contribution < -0.4 is 11.1 Å². The van der Waals surface area contributed by atoms with Crippen LogP contribution in [0.25, 0.3) is 0 Å². The molecule has 1 aliphatic heterocycles. The van der Waals surface area contributed by atoms with Crippen LogP contribution in [-0.2, 0) is 9.53 Å². The Kier molecular flexibility index (Phi) is 6.45. The summed E-state index contributed by atoms with van der Waals surface area (Å²) in [6.07, 6.45) is 3.82. The Morgan fingerprint density at radius 1 is 1.28 bits per heavy atom. The van der Waals surface area contributed by atoms with Crippen LogP contribution >= 0.6 is 0 Å². The van der Waals surface area contributed by atoms with Gasteiger partial charge in [0.15, 0.2) is 0 Å². The number of aryl methyl sites for hydroxylation is 1. The molecular weight excluding hydrogens is 314 g/mol. The summed E-state index contributed by atoms with van der Waals surface area (Å²) in [5.74, 6) is 0.461. The zero-order valence-corrected chi connectivity index (χ0v) is 15.2. The van der Waals surface area contributed by atoms with E-state index < -0.39 is 0 Å². The van der Waals surface area contributed by atoms with Crippen molar-refractivity contribution in [1.29, 1.82) is 0 Å². The van der Waals surface area contributed by atoms with Crippen molar-refractivity contribution in [1.82, 2.24) is 10.2 Å². The second kappa shape index (κ2) is 8.79. The van der Waals surface area contributed by atoms with Crippen LogP contribution in [0, 0.1) is 12.8 Å². The minimum atomic E-state index is 0.0174. The van der Waals surface area contributed by atoms with E-state index in [1.165, 1.54) is 11.1 Å². The van der Waals surface area contributed by atoms with Crippen molar-refractivity contribution in [3.05, 3.63) is 35.4 Å². The number of nitrogens with one attached hydrogen (secondary N) is 1. The molecule has 3 atom stereocenters. The molecule has 1 aromatic carbocycles. The summed E-state index contributed by atoms with van der Waals surface area (Å²) >= 11 is 0. The van der Waals surface area contributed by atoms with Crippen molar-refractivity contribution in [2.75, 3.05) is 32.8 Å². The Morgan fingerprint density at radius 3 is 2.64 bits per heavy atom. The molecule has 1 saturated heterocycles. The van der Waals surface area contributed by atoms with Gasteiger partial charge in [0.25, 0.3) is 0 Å². The van der Waals surface area contributed by atoms with Gasteiger partial charge < -0.3 is 15.8 Å². The van der Waals surface area contributed by atoms with Crippen molar-refractivity contribution in [3.8, 4) is 0 Å². The summed E-state index contributed by atoms with van der Waals surface area (Å²) < 4.78 is 5.44. The van der Waals surface area contributed by atoms with E-state index in [0.717, 1.165) is 52.1 Å². The molecule has 5 nitrogen and oxygen atoms in total. The minimum absolute atomic E-state index is 0.0174. The summed E-state index contributed by atoms with van der Waals surface area (Å²) in [5.41, 5.74) is 8.53. The van der Waals surface area contributed by atoms with Gasteiger partial charge in [0.05, 0.1) is 19.3 Å². The summed E-state index contributed by atoms with van der Waals surface area (Å²) in [7, 11) is 0. The third kappa shape index (κ3) is 5.27. The lowest BCUT2D eigenvalue weighted by Crippen LogP contribution is -2.43. The van der Waals surface area contributed by atoms with Crippen LogP contribution in [0.3, 0.4) is 0 Å². The molecule has 138 valence electrons. The molecule has 0 bridgehead atoms. The van der Waals surface area contributed by atoms with E-state index in [1.54, 1.807) is 0 Å². The van der Waals surface area contributed by atoms with Crippen LogP contribution in [0.2, 0.25) is 0 Å². The number of hydrogen-bond acceptors (Lipinski definition) is 4. The van der Waals surface area contributed by atoms with Gasteiger partial charge in [0.2, 0.25) is 5.91 Å². The fourth-order valence-electron chi connectivity index (χ4n) is 3.89. The Morgan fingerprint density at radius 2 is 2.00 bits per heavy atom. The standard InChI is InChI=1S/C20H31N3O2/c1-15-5-7-16(8-6-15)19(14-23-9-11-25-12-10-23)22-20(24)13-17-3-2-4-18(17)21/h5-8,17-19H,2-4,9-14,21H2,1H3,(H,22,24)/t17-,18+,19?/m0/s1. The second-order valence-corrected chi connectivity index (χ2v) is 7.50. The molecule has 0 aromatic heterocycles. The third-order valence-electron chi connectivity index (χ3n) is 5.52. The normalized spacial score (nSPS) is 25.7. The van der Waals surface area contributed by atoms with E-state index in [-0.39, 0.29) is 18.0 Å². The molecule has 2 fully saturated rings. The van der Waals surface area contributed by atoms with Crippen molar-refractivity contribution < 1.29 is 9.53 Å². The van der Waals surface area contributed by atoms with Crippen molar-refractivity contribution in [3.63, 3.8) is 0 Å². The van der Waals surface area contributed by atoms with Gasteiger partial charge in [-0.2, -0.15) is 0 Å². The fraction of sp³-hybridized carbons (Fsp3) is 0.650. The fourth-order valence-corrected chi connectivity index (χ4v) is 3.89. The predicted molar refractivity (Wildman–Crippen MR) is 99.3 cm³/mol. The van der Waals surface area contributed by atoms with Gasteiger partial charge >= 0.3 is 0 Å². The summed E-state index contributed by atoms with van der Waals surface area (Å²) in [6.45, 7) is 6.30. The second-order valence-electron chi connectivity index (χ2n) is 7.50. The van der Waals surface area contributed by atoms with E-state index in [0.29, 0.717) is 12.3 Å². The van der Waals surface area contributed by atoms with Crippen LogP contribution in [0.5, 0.6) is 0 Å². The molecule has 0 spiro atoms. The van der Waals surface area contributed by atoms with Crippen LogP contribution in [-0.4, -0.2) is 49.7 Å². The monoisotopic (exact) mass is 345 g/mol. The highest BCUT2D eigenvalue weighted by atomic mass is 16.5. The summed E-state index contributed by atoms with van der Waals surface area (Å²) in [4.78, 5) is 15.0. The molecule has 1 saturated carbocycles. The zero-order valence-electron chi connectivity index (χ0n) is 15.2. The Bertz CT molecular complexity index is 555. The first-order valence-corrected chi connectivity index (χ1v) is 9.53. The first-order chi connectivity index (χ1) is 12.1. The number of hydrogen-bond donors (Lipinski definition) is 2. The van der Waals surface area contributed by atoms with Crippen LogP contribution in [0.15, 0.2) is 24.3 Å². The number of ether oxygens (including phenoxy) is 1. The quantitative estimate of drug-likeness (QED) is 0.827. The van der Waals surface area contributed by atoms with E-state index in [1.807, 2.05) is 0 Å². The maximum absolute atomic E-state index is 12.6. The first kappa shape index (κ1) is 18.4. The van der Waals surface area contributed by atoms with Gasteiger partial charge in [-0.3, -0.25) is 9.69 Å². The Balaban J connectivity index is 1.64. The first-order valence-electron chi connectivity index (χ1n) is 9.53. The number of benzene rings is 1. The molecule has 3 rings (SSSR count). The van der Waals surface area contributed by atoms with Crippen LogP contribution in [0.1, 0.15) is 42.9 Å². The van der Waals surface area contributed by atoms with Gasteiger partial charge in [-0.05, 0) is 31.2 Å². The van der Waals surface area contributed by atoms with E-state index in [9.17, 15) is 4.79 Å². The topological polar surface area (TPSA) is 67.6 Å². The van der Waals surface area contributed by atoms with Gasteiger partial charge in [0, 0.05) is 32.1 Å². The molecule has 5 heteroatoms. The average Bonchev–Trinajstić information content (AvgIpc) is 3.01. The molecular formula is C20H31N3O2. The van der Waals surface area contributed by atoms with Gasteiger partial charge in [-0.1, -0.05) is 36.2 Å². The van der Waals surface area contributed by atoms with Crippen molar-refractivity contribution in [2.45, 2.75) is 44.7 Å². The van der Waals surface area contributed by atoms with E-state index in [4.69, 9.17) is 10.5 Å². The maximum atomic E-state index is 12.6. The lowest BCUT2D eigenvalue weighted by Gasteiger charge is -2.31. The highest BCUT2D eigenvalue weighted by Gasteiger charge is 2.27. The third-order valence-corrected chi connectivity index (χ3v) is 5.52. The number of carbonyl (C=O) groups excluding carboxylic acids is 1. The van der Waals surface area contributed by atoms with Gasteiger partial charge in [-0.15, -0.1) is 0 Å². The smallest absolute Gasteiger partial charge is 0.220 e. The zero-order chi connectivity index (χ0) is 17.6. The number of nitrogens with zero attached hydrogens (tertiary/aromatic N) is 1. The van der Waals surface area contributed by atoms with Gasteiger partial charge in [0.1, 0.15) is 0 Å². The number of amides is 1. The average molecular weight is 345 g/mol. The number of morpholine rings is 1. The van der Waals surface area contributed by atoms with E-state index >= 15 is 0 Å². The molecule has 2 aliphatic rings. The van der Waals surface area contributed by atoms with Crippen molar-refractivity contribution in [2.24, 2.45) is 11.7 Å². The number of rotatable bonds is 6.